The number of anilines is 2. The molecule has 1 aliphatic heterocycles. The van der Waals surface area contributed by atoms with Gasteiger partial charge in [0.2, 0.25) is 11.7 Å². The molecule has 0 aliphatic carbocycles. The number of oxazole rings is 1. The Morgan fingerprint density at radius 3 is 2.58 bits per heavy atom. The van der Waals surface area contributed by atoms with Gasteiger partial charge in [-0.1, -0.05) is 13.8 Å². The van der Waals surface area contributed by atoms with Crippen molar-refractivity contribution in [2.75, 3.05) is 38.0 Å². The van der Waals surface area contributed by atoms with E-state index in [-0.39, 0.29) is 48.4 Å². The molecule has 4 aromatic rings. The Balaban J connectivity index is 1.15. The molecule has 48 heavy (non-hydrogen) atoms. The van der Waals surface area contributed by atoms with Crippen molar-refractivity contribution in [3.8, 4) is 11.5 Å². The van der Waals surface area contributed by atoms with Gasteiger partial charge in [0.15, 0.2) is 22.9 Å². The second kappa shape index (κ2) is 14.8. The topological polar surface area (TPSA) is 179 Å². The molecule has 1 unspecified atom stereocenters. The largest absolute Gasteiger partial charge is 0.493 e. The molecule has 2 aromatic carbocycles. The minimum atomic E-state index is -0.713. The molecule has 3 heterocycles. The fraction of sp³-hybridized carbons (Fsp3) is 0.364. The highest BCUT2D eigenvalue weighted by Crippen LogP contribution is 2.37. The number of fused-ring (bicyclic) bond motifs is 2. The first-order valence-corrected chi connectivity index (χ1v) is 15.5. The number of imidazole rings is 1. The van der Waals surface area contributed by atoms with Crippen LogP contribution in [0.3, 0.4) is 0 Å². The molecule has 1 aliphatic rings. The molecule has 0 bridgehead atoms. The van der Waals surface area contributed by atoms with Gasteiger partial charge in [0, 0.05) is 44.2 Å². The molecule has 2 aromatic heterocycles. The maximum absolute atomic E-state index is 13.3. The van der Waals surface area contributed by atoms with Crippen LogP contribution in [0.15, 0.2) is 45.9 Å². The molecule has 0 fully saturated rings. The van der Waals surface area contributed by atoms with Crippen LogP contribution in [0.5, 0.6) is 11.5 Å². The third-order valence-corrected chi connectivity index (χ3v) is 7.60. The van der Waals surface area contributed by atoms with Gasteiger partial charge in [-0.15, -0.1) is 0 Å². The number of nitrogens with one attached hydrogen (secondary N) is 2. The van der Waals surface area contributed by atoms with Crippen molar-refractivity contribution in [3.05, 3.63) is 53.8 Å². The fourth-order valence-electron chi connectivity index (χ4n) is 5.21. The Bertz CT molecular complexity index is 1880. The number of aryl methyl sites for hydroxylation is 1. The van der Waals surface area contributed by atoms with E-state index in [9.17, 15) is 19.2 Å². The van der Waals surface area contributed by atoms with E-state index in [1.807, 2.05) is 18.7 Å². The van der Waals surface area contributed by atoms with Crippen LogP contribution in [0.25, 0.3) is 11.1 Å². The van der Waals surface area contributed by atoms with E-state index in [2.05, 4.69) is 30.3 Å². The Morgan fingerprint density at radius 2 is 1.85 bits per heavy atom. The minimum absolute atomic E-state index is 0.0589. The van der Waals surface area contributed by atoms with Gasteiger partial charge in [-0.05, 0) is 43.5 Å². The molecule has 0 saturated heterocycles. The summed E-state index contributed by atoms with van der Waals surface area (Å²) in [6, 6.07) is 7.96. The summed E-state index contributed by atoms with van der Waals surface area (Å²) < 4.78 is 22.9. The van der Waals surface area contributed by atoms with Gasteiger partial charge in [0.25, 0.3) is 11.8 Å². The minimum Gasteiger partial charge on any atom is -0.493 e. The second-order valence-electron chi connectivity index (χ2n) is 11.0. The summed E-state index contributed by atoms with van der Waals surface area (Å²) in [7, 11) is 4.35. The number of benzene rings is 2. The number of hydrogen-bond acceptors (Lipinski definition) is 11. The van der Waals surface area contributed by atoms with Crippen molar-refractivity contribution in [2.24, 2.45) is 12.0 Å². The second-order valence-corrected chi connectivity index (χ2v) is 11.0. The molecule has 3 amide bonds. The fourth-order valence-corrected chi connectivity index (χ4v) is 5.21. The Morgan fingerprint density at radius 1 is 1.04 bits per heavy atom. The van der Waals surface area contributed by atoms with E-state index in [1.54, 1.807) is 43.6 Å². The molecular formula is C33H37N7O8. The monoisotopic (exact) mass is 659 g/mol. The Hall–Kier alpha value is -5.73. The SMILES string of the molecule is CCCN1C(=O)c2cc(OC)c(OCCCC(=O)Nc3cn(C)c(C(=O)Nc4ccc5oc(C(=O)OC)nc5c4)n3)cc2N=CC1CC. The number of esters is 1. The lowest BCUT2D eigenvalue weighted by molar-refractivity contribution is -0.116. The van der Waals surface area contributed by atoms with Gasteiger partial charge in [0.05, 0.1) is 38.1 Å². The summed E-state index contributed by atoms with van der Waals surface area (Å²) in [6.07, 6.45) is 5.41. The molecule has 15 nitrogen and oxygen atoms in total. The summed E-state index contributed by atoms with van der Waals surface area (Å²) >= 11 is 0. The van der Waals surface area contributed by atoms with Crippen LogP contribution in [0.4, 0.5) is 17.2 Å². The lowest BCUT2D eigenvalue weighted by atomic mass is 10.1. The van der Waals surface area contributed by atoms with Crippen molar-refractivity contribution in [3.63, 3.8) is 0 Å². The summed E-state index contributed by atoms with van der Waals surface area (Å²) in [6.45, 7) is 4.88. The molecule has 252 valence electrons. The predicted molar refractivity (Wildman–Crippen MR) is 176 cm³/mol. The number of aliphatic imine (C=N–C) groups is 1. The van der Waals surface area contributed by atoms with Gasteiger partial charge in [-0.25, -0.2) is 14.8 Å². The number of amides is 3. The van der Waals surface area contributed by atoms with Gasteiger partial charge < -0.3 is 38.7 Å². The van der Waals surface area contributed by atoms with E-state index < -0.39 is 11.9 Å². The van der Waals surface area contributed by atoms with Crippen molar-refractivity contribution in [1.82, 2.24) is 19.4 Å². The average Bonchev–Trinajstić information content (AvgIpc) is 3.64. The number of carbonyl (C=O) groups excluding carboxylic acids is 4. The quantitative estimate of drug-likeness (QED) is 0.150. The van der Waals surface area contributed by atoms with Crippen molar-refractivity contribution < 1.29 is 37.8 Å². The molecular weight excluding hydrogens is 622 g/mol. The first-order chi connectivity index (χ1) is 23.1. The summed E-state index contributed by atoms with van der Waals surface area (Å²) in [4.78, 5) is 65.4. The molecule has 0 saturated carbocycles. The number of nitrogens with zero attached hydrogens (tertiary/aromatic N) is 5. The van der Waals surface area contributed by atoms with E-state index in [4.69, 9.17) is 13.9 Å². The highest BCUT2D eigenvalue weighted by Gasteiger charge is 2.28. The summed E-state index contributed by atoms with van der Waals surface area (Å²) in [5.41, 5.74) is 2.07. The zero-order valence-corrected chi connectivity index (χ0v) is 27.4. The van der Waals surface area contributed by atoms with E-state index in [1.165, 1.54) is 25.0 Å². The van der Waals surface area contributed by atoms with Gasteiger partial charge in [0.1, 0.15) is 5.52 Å². The zero-order valence-electron chi connectivity index (χ0n) is 27.4. The Labute approximate surface area is 276 Å². The van der Waals surface area contributed by atoms with Crippen molar-refractivity contribution in [1.29, 1.82) is 0 Å². The standard InChI is InChI=1S/C33H37N7O8/c1-6-12-40-20(7-2)17-34-22-16-26(25(45-4)15-21(22)32(40)43)47-13-8-9-28(41)37-27-18-39(3)29(38-27)30(42)35-19-10-11-24-23(14-19)36-31(48-24)33(44)46-5/h10-11,14-18,20H,6-9,12-13H2,1-5H3,(H,35,42)(H,37,41). The molecule has 0 spiro atoms. The van der Waals surface area contributed by atoms with Crippen molar-refractivity contribution >= 4 is 58.2 Å². The average molecular weight is 660 g/mol. The van der Waals surface area contributed by atoms with Crippen LogP contribution in [0.1, 0.15) is 71.2 Å². The van der Waals surface area contributed by atoms with Crippen LogP contribution in [-0.4, -0.2) is 82.8 Å². The maximum Gasteiger partial charge on any atom is 0.394 e. The van der Waals surface area contributed by atoms with Crippen LogP contribution < -0.4 is 20.1 Å². The number of aromatic nitrogens is 3. The third kappa shape index (κ3) is 7.29. The highest BCUT2D eigenvalue weighted by atomic mass is 16.5. The highest BCUT2D eigenvalue weighted by molar-refractivity contribution is 6.04. The van der Waals surface area contributed by atoms with Crippen molar-refractivity contribution in [2.45, 2.75) is 45.6 Å². The first kappa shape index (κ1) is 33.6. The predicted octanol–water partition coefficient (Wildman–Crippen LogP) is 4.75. The number of carbonyl (C=O) groups is 4. The number of methoxy groups -OCH3 is 2. The summed E-state index contributed by atoms with van der Waals surface area (Å²) in [5, 5.41) is 5.43. The van der Waals surface area contributed by atoms with Crippen LogP contribution in [0.2, 0.25) is 0 Å². The van der Waals surface area contributed by atoms with E-state index in [0.717, 1.165) is 12.8 Å². The molecule has 15 heteroatoms. The summed E-state index contributed by atoms with van der Waals surface area (Å²) in [5.74, 6) is -0.753. The molecule has 1 atom stereocenters. The zero-order chi connectivity index (χ0) is 34.4. The van der Waals surface area contributed by atoms with Gasteiger partial charge in [-0.2, -0.15) is 0 Å². The lowest BCUT2D eigenvalue weighted by Gasteiger charge is -2.27. The van der Waals surface area contributed by atoms with Gasteiger partial charge in [-0.3, -0.25) is 19.4 Å². The third-order valence-electron chi connectivity index (χ3n) is 7.60. The van der Waals surface area contributed by atoms with Crippen LogP contribution in [0, 0.1) is 0 Å². The number of ether oxygens (including phenoxy) is 3. The normalized spacial score (nSPS) is 14.0. The first-order valence-electron chi connectivity index (χ1n) is 15.5. The van der Waals surface area contributed by atoms with Gasteiger partial charge >= 0.3 is 11.9 Å². The Kier molecular flexibility index (Phi) is 10.4. The van der Waals surface area contributed by atoms with Crippen LogP contribution >= 0.6 is 0 Å². The lowest BCUT2D eigenvalue weighted by Crippen LogP contribution is -2.40. The van der Waals surface area contributed by atoms with E-state index in [0.29, 0.717) is 52.5 Å². The maximum atomic E-state index is 13.3. The van der Waals surface area contributed by atoms with E-state index >= 15 is 0 Å². The molecule has 0 radical (unpaired) electrons. The number of hydrogen-bond donors (Lipinski definition) is 2. The smallest absolute Gasteiger partial charge is 0.394 e. The number of rotatable bonds is 13. The van der Waals surface area contributed by atoms with Crippen LogP contribution in [-0.2, 0) is 16.6 Å². The molecule has 2 N–H and O–H groups in total. The molecule has 5 rings (SSSR count).